The topological polar surface area (TPSA) is 197 Å². The van der Waals surface area contributed by atoms with E-state index in [-0.39, 0.29) is 31.5 Å². The van der Waals surface area contributed by atoms with E-state index in [9.17, 15) is 15.0 Å². The fraction of sp³-hybridized carbons (Fsp3) is 0.786. The fourth-order valence-corrected chi connectivity index (χ4v) is 3.73. The molecule has 1 amide bonds. The second kappa shape index (κ2) is 6.78. The van der Waals surface area contributed by atoms with E-state index in [1.165, 1.54) is 0 Å². The molecule has 1 spiro atoms. The number of unbranched alkanes of at least 4 members (excludes halogenated alkanes) is 1. The molecular formula is C14H26N8O4. The first-order valence-electron chi connectivity index (χ1n) is 8.59. The van der Waals surface area contributed by atoms with Crippen LogP contribution in [-0.4, -0.2) is 82.9 Å². The van der Waals surface area contributed by atoms with Crippen LogP contribution in [0.25, 0.3) is 0 Å². The van der Waals surface area contributed by atoms with E-state index in [0.717, 1.165) is 12.8 Å². The average Bonchev–Trinajstić information content (AvgIpc) is 3.07. The Balaban J connectivity index is 1.69. The molecule has 10 N–H and O–H groups in total. The highest BCUT2D eigenvalue weighted by Gasteiger charge is 2.69. The molecule has 146 valence electrons. The van der Waals surface area contributed by atoms with E-state index in [1.807, 2.05) is 0 Å². The SMILES string of the molecule is NCCCCNC(=O)OCC1N=C(N)N2CCC(O)(O)C23NC(N)=N[C@@H]13. The molecule has 3 aliphatic heterocycles. The van der Waals surface area contributed by atoms with Crippen molar-refractivity contribution in [2.45, 2.75) is 42.8 Å². The van der Waals surface area contributed by atoms with Gasteiger partial charge in [-0.1, -0.05) is 0 Å². The van der Waals surface area contributed by atoms with Crippen LogP contribution in [0.4, 0.5) is 4.79 Å². The molecular weight excluding hydrogens is 344 g/mol. The zero-order valence-corrected chi connectivity index (χ0v) is 14.4. The van der Waals surface area contributed by atoms with E-state index in [1.54, 1.807) is 4.90 Å². The summed E-state index contributed by atoms with van der Waals surface area (Å²) in [5, 5.41) is 26.5. The molecule has 2 unspecified atom stereocenters. The van der Waals surface area contributed by atoms with Crippen LogP contribution in [0.2, 0.25) is 0 Å². The predicted octanol–water partition coefficient (Wildman–Crippen LogP) is -3.48. The summed E-state index contributed by atoms with van der Waals surface area (Å²) in [6.07, 6.45) is 1.01. The van der Waals surface area contributed by atoms with Crippen molar-refractivity contribution in [3.63, 3.8) is 0 Å². The molecule has 1 fully saturated rings. The average molecular weight is 370 g/mol. The van der Waals surface area contributed by atoms with E-state index in [2.05, 4.69) is 20.6 Å². The lowest BCUT2D eigenvalue weighted by atomic mass is 9.87. The number of aliphatic hydroxyl groups is 2. The van der Waals surface area contributed by atoms with Crippen LogP contribution in [0.5, 0.6) is 0 Å². The number of amides is 1. The second-order valence-electron chi connectivity index (χ2n) is 6.64. The number of nitrogens with zero attached hydrogens (tertiary/aromatic N) is 3. The van der Waals surface area contributed by atoms with Gasteiger partial charge in [0.05, 0.1) is 0 Å². The van der Waals surface area contributed by atoms with Crippen LogP contribution in [-0.2, 0) is 4.74 Å². The minimum absolute atomic E-state index is 0.0464. The summed E-state index contributed by atoms with van der Waals surface area (Å²) in [5.41, 5.74) is 15.8. The summed E-state index contributed by atoms with van der Waals surface area (Å²) < 4.78 is 5.20. The summed E-state index contributed by atoms with van der Waals surface area (Å²) in [4.78, 5) is 21.9. The van der Waals surface area contributed by atoms with Gasteiger partial charge in [0.15, 0.2) is 17.6 Å². The smallest absolute Gasteiger partial charge is 0.407 e. The number of hydrogen-bond acceptors (Lipinski definition) is 11. The molecule has 3 rings (SSSR count). The van der Waals surface area contributed by atoms with Crippen LogP contribution >= 0.6 is 0 Å². The van der Waals surface area contributed by atoms with E-state index in [4.69, 9.17) is 21.9 Å². The first-order chi connectivity index (χ1) is 12.3. The van der Waals surface area contributed by atoms with E-state index in [0.29, 0.717) is 13.1 Å². The van der Waals surface area contributed by atoms with E-state index < -0.39 is 29.6 Å². The van der Waals surface area contributed by atoms with Crippen molar-refractivity contribution in [3.8, 4) is 0 Å². The van der Waals surface area contributed by atoms with Crippen LogP contribution in [0, 0.1) is 0 Å². The molecule has 0 saturated carbocycles. The predicted molar refractivity (Wildman–Crippen MR) is 92.8 cm³/mol. The Kier molecular flexibility index (Phi) is 4.82. The highest BCUT2D eigenvalue weighted by atomic mass is 16.5. The molecule has 0 aromatic rings. The zero-order valence-electron chi connectivity index (χ0n) is 14.4. The first-order valence-corrected chi connectivity index (χ1v) is 8.59. The molecule has 0 aromatic heterocycles. The third kappa shape index (κ3) is 2.89. The third-order valence-corrected chi connectivity index (χ3v) is 4.97. The van der Waals surface area contributed by atoms with Gasteiger partial charge in [0, 0.05) is 19.5 Å². The number of carbonyl (C=O) groups is 1. The van der Waals surface area contributed by atoms with Gasteiger partial charge in [0.1, 0.15) is 18.7 Å². The maximum absolute atomic E-state index is 11.8. The molecule has 0 radical (unpaired) electrons. The lowest BCUT2D eigenvalue weighted by Gasteiger charge is -2.48. The molecule has 3 aliphatic rings. The number of rotatable bonds is 6. The van der Waals surface area contributed by atoms with Gasteiger partial charge in [-0.25, -0.2) is 14.8 Å². The minimum Gasteiger partial charge on any atom is -0.447 e. The van der Waals surface area contributed by atoms with Crippen molar-refractivity contribution in [2.75, 3.05) is 26.2 Å². The highest BCUT2D eigenvalue weighted by molar-refractivity contribution is 5.87. The number of carbonyl (C=O) groups excluding carboxylic acids is 1. The fourth-order valence-electron chi connectivity index (χ4n) is 3.73. The summed E-state index contributed by atoms with van der Waals surface area (Å²) >= 11 is 0. The maximum Gasteiger partial charge on any atom is 0.407 e. The van der Waals surface area contributed by atoms with E-state index >= 15 is 0 Å². The van der Waals surface area contributed by atoms with Gasteiger partial charge >= 0.3 is 6.09 Å². The number of guanidine groups is 2. The number of nitrogens with one attached hydrogen (secondary N) is 2. The summed E-state index contributed by atoms with van der Waals surface area (Å²) in [5.74, 6) is -1.96. The molecule has 26 heavy (non-hydrogen) atoms. The van der Waals surface area contributed by atoms with Crippen molar-refractivity contribution in [1.82, 2.24) is 15.5 Å². The van der Waals surface area contributed by atoms with Gasteiger partial charge < -0.3 is 47.7 Å². The normalized spacial score (nSPS) is 31.4. The minimum atomic E-state index is -2.12. The number of aliphatic imine (C=N–C) groups is 2. The number of alkyl carbamates (subject to hydrolysis) is 1. The Bertz CT molecular complexity index is 624. The zero-order chi connectivity index (χ0) is 18.9. The largest absolute Gasteiger partial charge is 0.447 e. The number of hydrogen-bond donors (Lipinski definition) is 7. The van der Waals surface area contributed by atoms with Gasteiger partial charge in [-0.05, 0) is 19.4 Å². The van der Waals surface area contributed by atoms with Gasteiger partial charge in [0.25, 0.3) is 0 Å². The monoisotopic (exact) mass is 370 g/mol. The summed E-state index contributed by atoms with van der Waals surface area (Å²) in [7, 11) is 0. The Morgan fingerprint density at radius 1 is 1.38 bits per heavy atom. The third-order valence-electron chi connectivity index (χ3n) is 4.97. The maximum atomic E-state index is 11.8. The van der Waals surface area contributed by atoms with Gasteiger partial charge in [-0.3, -0.25) is 0 Å². The van der Waals surface area contributed by atoms with Crippen LogP contribution < -0.4 is 27.8 Å². The molecule has 0 aromatic carbocycles. The number of nitrogens with two attached hydrogens (primary N) is 3. The second-order valence-corrected chi connectivity index (χ2v) is 6.64. The lowest BCUT2D eigenvalue weighted by Crippen LogP contribution is -2.76. The summed E-state index contributed by atoms with van der Waals surface area (Å²) in [6.45, 7) is 1.17. The number of ether oxygens (including phenoxy) is 1. The molecule has 0 bridgehead atoms. The quantitative estimate of drug-likeness (QED) is 0.183. The van der Waals surface area contributed by atoms with Crippen molar-refractivity contribution in [1.29, 1.82) is 0 Å². The molecule has 0 aliphatic carbocycles. The highest BCUT2D eigenvalue weighted by Crippen LogP contribution is 2.44. The Morgan fingerprint density at radius 3 is 2.88 bits per heavy atom. The summed E-state index contributed by atoms with van der Waals surface area (Å²) in [6, 6.07) is -1.47. The molecule has 3 atom stereocenters. The van der Waals surface area contributed by atoms with Crippen molar-refractivity contribution in [3.05, 3.63) is 0 Å². The lowest BCUT2D eigenvalue weighted by molar-refractivity contribution is -0.221. The van der Waals surface area contributed by atoms with Crippen molar-refractivity contribution < 1.29 is 19.7 Å². The van der Waals surface area contributed by atoms with Gasteiger partial charge in [0.2, 0.25) is 5.79 Å². The molecule has 12 nitrogen and oxygen atoms in total. The van der Waals surface area contributed by atoms with Gasteiger partial charge in [-0.2, -0.15) is 0 Å². The van der Waals surface area contributed by atoms with Crippen molar-refractivity contribution in [2.24, 2.45) is 27.2 Å². The Hall–Kier alpha value is -2.31. The van der Waals surface area contributed by atoms with Crippen LogP contribution in [0.1, 0.15) is 19.3 Å². The first kappa shape index (κ1) is 18.5. The van der Waals surface area contributed by atoms with Crippen LogP contribution in [0.15, 0.2) is 9.98 Å². The molecule has 12 heteroatoms. The van der Waals surface area contributed by atoms with Gasteiger partial charge in [-0.15, -0.1) is 0 Å². The standard InChI is InChI=1S/C14H26N8O4/c15-4-1-2-5-18-12(23)26-7-8-9-14(21-10(16)20-9)13(24,25)3-6-22(14)11(17)19-8/h8-9,24-25H,1-7,15H2,(H2,17,19)(H,18,23)(H3,16,20,21)/t8?,9-,14?/m0/s1. The van der Waals surface area contributed by atoms with Crippen LogP contribution in [0.3, 0.4) is 0 Å². The van der Waals surface area contributed by atoms with Crippen molar-refractivity contribution >= 4 is 18.0 Å². The Labute approximate surface area is 150 Å². The molecule has 3 heterocycles. The Morgan fingerprint density at radius 2 is 2.15 bits per heavy atom. The molecule has 1 saturated heterocycles.